The second kappa shape index (κ2) is 7.03. The van der Waals surface area contributed by atoms with E-state index in [4.69, 9.17) is 10.1 Å². The Morgan fingerprint density at radius 1 is 1.07 bits per heavy atom. The van der Waals surface area contributed by atoms with Gasteiger partial charge in [-0.1, -0.05) is 24.3 Å². The van der Waals surface area contributed by atoms with Crippen LogP contribution in [0, 0.1) is 11.2 Å². The van der Waals surface area contributed by atoms with Crippen LogP contribution in [0.2, 0.25) is 0 Å². The molecule has 0 amide bonds. The highest BCUT2D eigenvalue weighted by Crippen LogP contribution is 2.23. The van der Waals surface area contributed by atoms with E-state index >= 15 is 0 Å². The second-order valence-electron chi connectivity index (χ2n) is 6.30. The van der Waals surface area contributed by atoms with Crippen LogP contribution in [0.5, 0.6) is 5.75 Å². The van der Waals surface area contributed by atoms with Crippen molar-refractivity contribution >= 4 is 16.7 Å². The van der Waals surface area contributed by atoms with Crippen LogP contribution in [0.25, 0.3) is 16.7 Å². The lowest BCUT2D eigenvalue weighted by molar-refractivity contribution is 0.414. The largest absolute Gasteiger partial charge is 0.497 e. The number of methoxy groups -OCH3 is 1. The summed E-state index contributed by atoms with van der Waals surface area (Å²) in [6.45, 7) is 0. The number of imidazole rings is 1. The molecule has 4 nitrogen and oxygen atoms in total. The summed E-state index contributed by atoms with van der Waals surface area (Å²) in [4.78, 5) is 4.49. The van der Waals surface area contributed by atoms with E-state index in [1.165, 1.54) is 12.1 Å². The fourth-order valence-electron chi connectivity index (χ4n) is 3.07. The Morgan fingerprint density at radius 2 is 1.89 bits per heavy atom. The van der Waals surface area contributed by atoms with Crippen molar-refractivity contribution in [3.05, 3.63) is 90.0 Å². The molecule has 0 spiro atoms. The van der Waals surface area contributed by atoms with Crippen LogP contribution in [-0.4, -0.2) is 22.4 Å². The Bertz CT molecular complexity index is 1120. The molecule has 1 heterocycles. The first kappa shape index (κ1) is 17.0. The molecular weight excluding hydrogens is 341 g/mol. The Balaban J connectivity index is 1.63. The summed E-state index contributed by atoms with van der Waals surface area (Å²) in [6.07, 6.45) is 2.22. The first-order valence-electron chi connectivity index (χ1n) is 8.58. The fourth-order valence-corrected chi connectivity index (χ4v) is 3.07. The Kier molecular flexibility index (Phi) is 4.42. The number of ether oxygens (including phenoxy) is 1. The molecule has 27 heavy (non-hydrogen) atoms. The van der Waals surface area contributed by atoms with E-state index in [0.717, 1.165) is 33.6 Å². The van der Waals surface area contributed by atoms with E-state index in [0.29, 0.717) is 12.1 Å². The maximum atomic E-state index is 13.0. The van der Waals surface area contributed by atoms with Gasteiger partial charge in [-0.2, -0.15) is 0 Å². The standard InChI is InChI=1S/C22H18FN3O/c1-27-19-4-2-3-18(13-19)26-14-25-21-12-16(7-10-22(21)26)20(24)11-15-5-8-17(23)9-6-15/h2-10,12-14,24H,11H2,1H3. The van der Waals surface area contributed by atoms with E-state index < -0.39 is 0 Å². The highest BCUT2D eigenvalue weighted by Gasteiger charge is 2.09. The predicted octanol–water partition coefficient (Wildman–Crippen LogP) is 4.78. The zero-order valence-electron chi connectivity index (χ0n) is 14.8. The van der Waals surface area contributed by atoms with Crippen molar-refractivity contribution in [2.75, 3.05) is 7.11 Å². The number of hydrogen-bond acceptors (Lipinski definition) is 3. The SMILES string of the molecule is COc1cccc(-n2cnc3cc(C(=N)Cc4ccc(F)cc4)ccc32)c1. The predicted molar refractivity (Wildman–Crippen MR) is 105 cm³/mol. The quantitative estimate of drug-likeness (QED) is 0.521. The molecule has 0 aliphatic carbocycles. The number of aromatic nitrogens is 2. The van der Waals surface area contributed by atoms with Crippen molar-refractivity contribution < 1.29 is 9.13 Å². The average Bonchev–Trinajstić information content (AvgIpc) is 3.13. The maximum absolute atomic E-state index is 13.0. The van der Waals surface area contributed by atoms with Crippen molar-refractivity contribution in [3.8, 4) is 11.4 Å². The molecule has 1 aromatic heterocycles. The molecule has 0 radical (unpaired) electrons. The van der Waals surface area contributed by atoms with Crippen molar-refractivity contribution in [1.82, 2.24) is 9.55 Å². The third-order valence-corrected chi connectivity index (χ3v) is 4.52. The summed E-state index contributed by atoms with van der Waals surface area (Å²) in [7, 11) is 1.64. The van der Waals surface area contributed by atoms with E-state index in [1.807, 2.05) is 47.0 Å². The van der Waals surface area contributed by atoms with Gasteiger partial charge in [0.05, 0.1) is 23.8 Å². The van der Waals surface area contributed by atoms with Crippen LogP contribution in [-0.2, 0) is 6.42 Å². The second-order valence-corrected chi connectivity index (χ2v) is 6.30. The minimum absolute atomic E-state index is 0.269. The van der Waals surface area contributed by atoms with Gasteiger partial charge in [-0.15, -0.1) is 0 Å². The minimum atomic E-state index is -0.269. The highest BCUT2D eigenvalue weighted by molar-refractivity contribution is 6.02. The smallest absolute Gasteiger partial charge is 0.123 e. The molecule has 4 aromatic rings. The zero-order valence-corrected chi connectivity index (χ0v) is 14.8. The summed E-state index contributed by atoms with van der Waals surface area (Å²) in [5, 5.41) is 8.38. The van der Waals surface area contributed by atoms with Gasteiger partial charge in [0.15, 0.2) is 0 Å². The van der Waals surface area contributed by atoms with Gasteiger partial charge in [0, 0.05) is 18.2 Å². The molecule has 0 aliphatic heterocycles. The molecule has 5 heteroatoms. The first-order valence-corrected chi connectivity index (χ1v) is 8.58. The summed E-state index contributed by atoms with van der Waals surface area (Å²) in [6, 6.07) is 19.8. The Hall–Kier alpha value is -3.47. The third-order valence-electron chi connectivity index (χ3n) is 4.52. The molecule has 0 saturated carbocycles. The molecule has 4 rings (SSSR count). The summed E-state index contributed by atoms with van der Waals surface area (Å²) in [5.41, 5.74) is 4.93. The van der Waals surface area contributed by atoms with Gasteiger partial charge in [0.1, 0.15) is 17.9 Å². The van der Waals surface area contributed by atoms with Gasteiger partial charge in [-0.25, -0.2) is 9.37 Å². The third kappa shape index (κ3) is 3.44. The van der Waals surface area contributed by atoms with E-state index in [-0.39, 0.29) is 5.82 Å². The van der Waals surface area contributed by atoms with Gasteiger partial charge in [-0.05, 0) is 47.5 Å². The van der Waals surface area contributed by atoms with Gasteiger partial charge in [-0.3, -0.25) is 4.57 Å². The zero-order chi connectivity index (χ0) is 18.8. The van der Waals surface area contributed by atoms with E-state index in [1.54, 1.807) is 25.6 Å². The Morgan fingerprint density at radius 3 is 2.67 bits per heavy atom. The normalized spacial score (nSPS) is 10.9. The van der Waals surface area contributed by atoms with Crippen molar-refractivity contribution in [3.63, 3.8) is 0 Å². The van der Waals surface area contributed by atoms with Crippen molar-refractivity contribution in [1.29, 1.82) is 5.41 Å². The lowest BCUT2D eigenvalue weighted by Crippen LogP contribution is -2.03. The van der Waals surface area contributed by atoms with Gasteiger partial charge >= 0.3 is 0 Å². The summed E-state index contributed by atoms with van der Waals surface area (Å²) < 4.78 is 20.3. The highest BCUT2D eigenvalue weighted by atomic mass is 19.1. The molecule has 0 bridgehead atoms. The number of fused-ring (bicyclic) bond motifs is 1. The molecule has 0 aliphatic rings. The van der Waals surface area contributed by atoms with Crippen LogP contribution in [0.4, 0.5) is 4.39 Å². The molecule has 134 valence electrons. The summed E-state index contributed by atoms with van der Waals surface area (Å²) >= 11 is 0. The Labute approximate surface area is 156 Å². The van der Waals surface area contributed by atoms with Crippen LogP contribution >= 0.6 is 0 Å². The lowest BCUT2D eigenvalue weighted by Gasteiger charge is -2.08. The number of halogens is 1. The van der Waals surface area contributed by atoms with Gasteiger partial charge in [0.2, 0.25) is 0 Å². The van der Waals surface area contributed by atoms with E-state index in [9.17, 15) is 4.39 Å². The molecule has 0 atom stereocenters. The van der Waals surface area contributed by atoms with Crippen LogP contribution in [0.1, 0.15) is 11.1 Å². The van der Waals surface area contributed by atoms with Crippen LogP contribution in [0.3, 0.4) is 0 Å². The number of nitrogens with zero attached hydrogens (tertiary/aromatic N) is 2. The van der Waals surface area contributed by atoms with Crippen LogP contribution < -0.4 is 4.74 Å². The molecule has 3 aromatic carbocycles. The van der Waals surface area contributed by atoms with Crippen molar-refractivity contribution in [2.24, 2.45) is 0 Å². The number of benzene rings is 3. The molecular formula is C22H18FN3O. The first-order chi connectivity index (χ1) is 13.1. The van der Waals surface area contributed by atoms with Crippen molar-refractivity contribution in [2.45, 2.75) is 6.42 Å². The number of hydrogen-bond donors (Lipinski definition) is 1. The summed E-state index contributed by atoms with van der Waals surface area (Å²) in [5.74, 6) is 0.516. The van der Waals surface area contributed by atoms with Crippen LogP contribution in [0.15, 0.2) is 73.1 Å². The monoisotopic (exact) mass is 359 g/mol. The molecule has 0 saturated heterocycles. The lowest BCUT2D eigenvalue weighted by atomic mass is 10.0. The van der Waals surface area contributed by atoms with Gasteiger partial charge in [0.25, 0.3) is 0 Å². The molecule has 0 fully saturated rings. The number of rotatable bonds is 5. The number of nitrogens with one attached hydrogen (secondary N) is 1. The topological polar surface area (TPSA) is 50.9 Å². The maximum Gasteiger partial charge on any atom is 0.123 e. The molecule has 0 unspecified atom stereocenters. The minimum Gasteiger partial charge on any atom is -0.497 e. The van der Waals surface area contributed by atoms with E-state index in [2.05, 4.69) is 4.98 Å². The average molecular weight is 359 g/mol. The van der Waals surface area contributed by atoms with Gasteiger partial charge < -0.3 is 10.1 Å². The molecule has 1 N–H and O–H groups in total. The fraction of sp³-hybridized carbons (Fsp3) is 0.0909.